The van der Waals surface area contributed by atoms with Gasteiger partial charge in [0.25, 0.3) is 5.91 Å². The number of rotatable bonds is 3. The summed E-state index contributed by atoms with van der Waals surface area (Å²) in [5.74, 6) is 1.46. The zero-order valence-electron chi connectivity index (χ0n) is 10.5. The molecule has 1 amide bonds. The van der Waals surface area contributed by atoms with Gasteiger partial charge in [0.15, 0.2) is 17.3 Å². The summed E-state index contributed by atoms with van der Waals surface area (Å²) in [6.45, 7) is 1.51. The Morgan fingerprint density at radius 3 is 2.90 bits per heavy atom. The summed E-state index contributed by atoms with van der Waals surface area (Å²) in [5, 5.41) is 2.79. The van der Waals surface area contributed by atoms with Gasteiger partial charge >= 0.3 is 0 Å². The Morgan fingerprint density at radius 2 is 2.15 bits per heavy atom. The molecule has 2 N–H and O–H groups in total. The number of hydrogen-bond donors (Lipinski definition) is 2. The van der Waals surface area contributed by atoms with Crippen LogP contribution >= 0.6 is 15.9 Å². The van der Waals surface area contributed by atoms with Crippen LogP contribution in [0.25, 0.3) is 0 Å². The van der Waals surface area contributed by atoms with E-state index in [1.54, 1.807) is 6.20 Å². The lowest BCUT2D eigenvalue weighted by atomic mass is 10.2. The number of ether oxygens (including phenoxy) is 2. The first kappa shape index (κ1) is 13.0. The monoisotopic (exact) mass is 337 g/mol. The first-order chi connectivity index (χ1) is 9.72. The van der Waals surface area contributed by atoms with Gasteiger partial charge in [0.2, 0.25) is 0 Å². The Kier molecular flexibility index (Phi) is 3.60. The van der Waals surface area contributed by atoms with Crippen molar-refractivity contribution < 1.29 is 14.3 Å². The van der Waals surface area contributed by atoms with Crippen molar-refractivity contribution in [3.05, 3.63) is 40.4 Å². The summed E-state index contributed by atoms with van der Waals surface area (Å²) in [6.07, 6.45) is 1.54. The summed E-state index contributed by atoms with van der Waals surface area (Å²) < 4.78 is 11.6. The van der Waals surface area contributed by atoms with Crippen molar-refractivity contribution >= 4 is 21.8 Å². The molecule has 0 spiro atoms. The molecular formula is C13H12BrN3O3. The molecule has 0 aliphatic carbocycles. The van der Waals surface area contributed by atoms with Gasteiger partial charge < -0.3 is 19.8 Å². The van der Waals surface area contributed by atoms with Gasteiger partial charge in [0, 0.05) is 6.54 Å². The summed E-state index contributed by atoms with van der Waals surface area (Å²) in [6, 6.07) is 5.61. The fourth-order valence-electron chi connectivity index (χ4n) is 1.88. The van der Waals surface area contributed by atoms with E-state index in [-0.39, 0.29) is 11.7 Å². The van der Waals surface area contributed by atoms with Crippen LogP contribution in [0.1, 0.15) is 16.2 Å². The van der Waals surface area contributed by atoms with Crippen LogP contribution in [0.2, 0.25) is 0 Å². The highest BCUT2D eigenvalue weighted by atomic mass is 79.9. The molecule has 0 radical (unpaired) electrons. The highest BCUT2D eigenvalue weighted by Gasteiger charge is 2.13. The summed E-state index contributed by atoms with van der Waals surface area (Å²) in [7, 11) is 0. The van der Waals surface area contributed by atoms with Crippen LogP contribution in [0.5, 0.6) is 11.5 Å². The van der Waals surface area contributed by atoms with E-state index in [0.717, 1.165) is 11.3 Å². The molecule has 1 aromatic heterocycles. The summed E-state index contributed by atoms with van der Waals surface area (Å²) >= 11 is 3.21. The van der Waals surface area contributed by atoms with Crippen LogP contribution in [-0.4, -0.2) is 29.1 Å². The van der Waals surface area contributed by atoms with Crippen molar-refractivity contribution in [2.45, 2.75) is 6.54 Å². The van der Waals surface area contributed by atoms with Crippen LogP contribution < -0.4 is 14.8 Å². The molecule has 1 aromatic carbocycles. The van der Waals surface area contributed by atoms with Crippen LogP contribution in [0.15, 0.2) is 29.0 Å². The maximum Gasteiger partial charge on any atom is 0.287 e. The Labute approximate surface area is 123 Å². The van der Waals surface area contributed by atoms with Gasteiger partial charge in [-0.25, -0.2) is 4.98 Å². The van der Waals surface area contributed by atoms with Crippen LogP contribution in [0.4, 0.5) is 0 Å². The number of halogens is 1. The number of carbonyl (C=O) groups excluding carboxylic acids is 1. The van der Waals surface area contributed by atoms with Gasteiger partial charge in [-0.05, 0) is 33.6 Å². The molecule has 104 valence electrons. The van der Waals surface area contributed by atoms with E-state index in [2.05, 4.69) is 31.2 Å². The number of nitrogens with zero attached hydrogens (tertiary/aromatic N) is 1. The van der Waals surface area contributed by atoms with Crippen LogP contribution in [0, 0.1) is 0 Å². The molecular weight excluding hydrogens is 326 g/mol. The number of nitrogens with one attached hydrogen (secondary N) is 2. The third kappa shape index (κ3) is 2.77. The third-order valence-corrected chi connectivity index (χ3v) is 3.22. The van der Waals surface area contributed by atoms with Crippen molar-refractivity contribution in [2.75, 3.05) is 13.2 Å². The highest BCUT2D eigenvalue weighted by Crippen LogP contribution is 2.30. The van der Waals surface area contributed by atoms with E-state index in [4.69, 9.17) is 9.47 Å². The van der Waals surface area contributed by atoms with Crippen molar-refractivity contribution in [3.63, 3.8) is 0 Å². The third-order valence-electron chi connectivity index (χ3n) is 2.82. The van der Waals surface area contributed by atoms with Crippen LogP contribution in [-0.2, 0) is 6.54 Å². The maximum atomic E-state index is 11.8. The molecule has 0 fully saturated rings. The standard InChI is InChI=1S/C13H12BrN3O3/c14-11-7-15-12(17-11)13(18)16-6-8-1-2-9-10(5-8)20-4-3-19-9/h1-2,5,7H,3-4,6H2,(H,15,17)(H,16,18). The molecule has 0 unspecified atom stereocenters. The minimum Gasteiger partial charge on any atom is -0.486 e. The molecule has 0 saturated carbocycles. The van der Waals surface area contributed by atoms with Crippen molar-refractivity contribution in [3.8, 4) is 11.5 Å². The lowest BCUT2D eigenvalue weighted by molar-refractivity contribution is 0.0941. The fourth-order valence-corrected chi connectivity index (χ4v) is 2.17. The Balaban J connectivity index is 1.65. The number of imidazole rings is 1. The zero-order valence-corrected chi connectivity index (χ0v) is 12.1. The van der Waals surface area contributed by atoms with E-state index >= 15 is 0 Å². The van der Waals surface area contributed by atoms with Crippen LogP contribution in [0.3, 0.4) is 0 Å². The second kappa shape index (κ2) is 5.54. The largest absolute Gasteiger partial charge is 0.486 e. The number of fused-ring (bicyclic) bond motifs is 1. The molecule has 2 heterocycles. The highest BCUT2D eigenvalue weighted by molar-refractivity contribution is 9.10. The van der Waals surface area contributed by atoms with E-state index in [0.29, 0.717) is 30.1 Å². The Bertz CT molecular complexity index is 642. The summed E-state index contributed by atoms with van der Waals surface area (Å²) in [4.78, 5) is 18.6. The first-order valence-corrected chi connectivity index (χ1v) is 6.89. The molecule has 7 heteroatoms. The first-order valence-electron chi connectivity index (χ1n) is 6.09. The molecule has 6 nitrogen and oxygen atoms in total. The zero-order chi connectivity index (χ0) is 13.9. The SMILES string of the molecule is O=C(NCc1ccc2c(c1)OCCO2)c1ncc(Br)[nH]1. The van der Waals surface area contributed by atoms with Gasteiger partial charge in [-0.15, -0.1) is 0 Å². The lowest BCUT2D eigenvalue weighted by Crippen LogP contribution is -2.24. The number of aromatic amines is 1. The normalized spacial score (nSPS) is 13.1. The Hall–Kier alpha value is -2.02. The quantitative estimate of drug-likeness (QED) is 0.896. The average Bonchev–Trinajstić information content (AvgIpc) is 2.91. The van der Waals surface area contributed by atoms with E-state index in [9.17, 15) is 4.79 Å². The smallest absolute Gasteiger partial charge is 0.287 e. The number of aromatic nitrogens is 2. The van der Waals surface area contributed by atoms with Gasteiger partial charge in [-0.2, -0.15) is 0 Å². The van der Waals surface area contributed by atoms with Crippen molar-refractivity contribution in [2.24, 2.45) is 0 Å². The molecule has 20 heavy (non-hydrogen) atoms. The van der Waals surface area contributed by atoms with Crippen molar-refractivity contribution in [1.82, 2.24) is 15.3 Å². The number of H-pyrrole nitrogens is 1. The van der Waals surface area contributed by atoms with Gasteiger partial charge in [0.05, 0.1) is 6.20 Å². The lowest BCUT2D eigenvalue weighted by Gasteiger charge is -2.18. The molecule has 0 saturated heterocycles. The fraction of sp³-hybridized carbons (Fsp3) is 0.231. The minimum absolute atomic E-state index is 0.259. The molecule has 0 bridgehead atoms. The molecule has 0 atom stereocenters. The van der Waals surface area contributed by atoms with Gasteiger partial charge in [0.1, 0.15) is 17.8 Å². The number of carbonyl (C=O) groups is 1. The second-order valence-corrected chi connectivity index (χ2v) is 5.09. The minimum atomic E-state index is -0.259. The Morgan fingerprint density at radius 1 is 1.35 bits per heavy atom. The predicted octanol–water partition coefficient (Wildman–Crippen LogP) is 1.87. The van der Waals surface area contributed by atoms with E-state index < -0.39 is 0 Å². The van der Waals surface area contributed by atoms with Gasteiger partial charge in [-0.3, -0.25) is 4.79 Å². The predicted molar refractivity (Wildman–Crippen MR) is 74.9 cm³/mol. The molecule has 1 aliphatic rings. The molecule has 3 rings (SSSR count). The number of hydrogen-bond acceptors (Lipinski definition) is 4. The summed E-state index contributed by atoms with van der Waals surface area (Å²) in [5.41, 5.74) is 0.938. The average molecular weight is 338 g/mol. The van der Waals surface area contributed by atoms with E-state index in [1.807, 2.05) is 18.2 Å². The molecule has 1 aliphatic heterocycles. The van der Waals surface area contributed by atoms with E-state index in [1.165, 1.54) is 0 Å². The van der Waals surface area contributed by atoms with Gasteiger partial charge in [-0.1, -0.05) is 6.07 Å². The topological polar surface area (TPSA) is 76.2 Å². The van der Waals surface area contributed by atoms with Crippen molar-refractivity contribution in [1.29, 1.82) is 0 Å². The number of amides is 1. The second-order valence-electron chi connectivity index (χ2n) is 4.24. The number of benzene rings is 1. The maximum absolute atomic E-state index is 11.8. The molecule has 2 aromatic rings.